The third-order valence-corrected chi connectivity index (χ3v) is 3.99. The van der Waals surface area contributed by atoms with E-state index in [-0.39, 0.29) is 22.2 Å². The Morgan fingerprint density at radius 2 is 0.556 bits per heavy atom. The molecule has 0 bridgehead atoms. The molecule has 0 radical (unpaired) electrons. The Labute approximate surface area is 217 Å². The summed E-state index contributed by atoms with van der Waals surface area (Å²) in [6.45, 7) is 24.4. The lowest BCUT2D eigenvalue weighted by Gasteiger charge is -2.24. The van der Waals surface area contributed by atoms with Gasteiger partial charge in [0.15, 0.2) is 23.0 Å². The molecule has 0 fully saturated rings. The fourth-order valence-corrected chi connectivity index (χ4v) is 2.56. The van der Waals surface area contributed by atoms with Crippen LogP contribution in [0.25, 0.3) is 11.1 Å². The van der Waals surface area contributed by atoms with E-state index in [9.17, 15) is 0 Å². The molecule has 0 aliphatic rings. The van der Waals surface area contributed by atoms with Crippen molar-refractivity contribution in [2.75, 3.05) is 0 Å². The summed E-state index contributed by atoms with van der Waals surface area (Å²) in [6, 6.07) is 11.4. The van der Waals surface area contributed by atoms with Gasteiger partial charge < -0.3 is 19.4 Å². The van der Waals surface area contributed by atoms with E-state index >= 15 is 0 Å². The smallest absolute Gasteiger partial charge is 0.151 e. The summed E-state index contributed by atoms with van der Waals surface area (Å²) >= 11 is 0. The van der Waals surface area contributed by atoms with Crippen LogP contribution in [-0.2, 0) is 0 Å². The van der Waals surface area contributed by atoms with Gasteiger partial charge in [-0.2, -0.15) is 21.9 Å². The predicted molar refractivity (Wildman–Crippen MR) is 146 cm³/mol. The van der Waals surface area contributed by atoms with Gasteiger partial charge in [-0.05, 0) is 118 Å². The summed E-state index contributed by atoms with van der Waals surface area (Å²) in [5.74, 6) is 2.45. The van der Waals surface area contributed by atoms with Crippen LogP contribution in [0.2, 0.25) is 0 Å². The van der Waals surface area contributed by atoms with Crippen molar-refractivity contribution in [2.24, 2.45) is 0 Å². The van der Waals surface area contributed by atoms with E-state index in [4.69, 9.17) is 19.4 Å². The van der Waals surface area contributed by atoms with Gasteiger partial charge in [-0.1, -0.05) is 0 Å². The van der Waals surface area contributed by atoms with Gasteiger partial charge in [0, 0.05) is 34.3 Å². The summed E-state index contributed by atoms with van der Waals surface area (Å²) < 4.78 is 0. The Morgan fingerprint density at radius 3 is 0.722 bits per heavy atom. The highest BCUT2D eigenvalue weighted by atomic mass is 16.7. The second kappa shape index (κ2) is 11.3. The first-order valence-corrected chi connectivity index (χ1v) is 12.3. The summed E-state index contributed by atoms with van der Waals surface area (Å²) in [5.41, 5.74) is 13.1. The van der Waals surface area contributed by atoms with E-state index in [0.29, 0.717) is 23.0 Å². The molecule has 2 aromatic rings. The van der Waals surface area contributed by atoms with Crippen molar-refractivity contribution < 1.29 is 19.4 Å². The molecule has 0 atom stereocenters. The molecule has 0 saturated heterocycles. The predicted octanol–water partition coefficient (Wildman–Crippen LogP) is 6.08. The molecule has 0 unspecified atom stereocenters. The van der Waals surface area contributed by atoms with Gasteiger partial charge >= 0.3 is 0 Å². The highest BCUT2D eigenvalue weighted by Crippen LogP contribution is 2.35. The van der Waals surface area contributed by atoms with E-state index in [1.54, 1.807) is 0 Å². The zero-order valence-corrected chi connectivity index (χ0v) is 24.1. The van der Waals surface area contributed by atoms with Crippen LogP contribution in [0.5, 0.6) is 23.0 Å². The molecule has 0 aliphatic heterocycles. The molecule has 4 N–H and O–H groups in total. The number of benzene rings is 2. The molecule has 2 rings (SSSR count). The largest absolute Gasteiger partial charge is 0.408 e. The van der Waals surface area contributed by atoms with Gasteiger partial charge in [-0.15, -0.1) is 0 Å². The SMILES string of the molecule is CC(C)(C)NOc1cc(ONC(C)(C)C)cc(-c2cc(ONC(C)(C)C)cc(ONC(C)(C)C)c2)c1. The Hall–Kier alpha value is -2.52. The van der Waals surface area contributed by atoms with Gasteiger partial charge in [0.2, 0.25) is 0 Å². The average Bonchev–Trinajstić information content (AvgIpc) is 2.71. The van der Waals surface area contributed by atoms with Crippen LogP contribution < -0.4 is 41.3 Å². The molecule has 0 amide bonds. The molecule has 0 aliphatic carbocycles. The number of nitrogens with one attached hydrogen (secondary N) is 4. The maximum Gasteiger partial charge on any atom is 0.151 e. The Bertz CT molecular complexity index is 843. The molecular weight excluding hydrogens is 456 g/mol. The fourth-order valence-electron chi connectivity index (χ4n) is 2.56. The molecule has 0 aromatic heterocycles. The molecule has 2 aromatic carbocycles. The van der Waals surface area contributed by atoms with Crippen LogP contribution in [0.15, 0.2) is 36.4 Å². The lowest BCUT2D eigenvalue weighted by molar-refractivity contribution is 0.110. The third-order valence-electron chi connectivity index (χ3n) is 3.99. The minimum absolute atomic E-state index is 0.229. The zero-order chi connectivity index (χ0) is 27.4. The summed E-state index contributed by atoms with van der Waals surface area (Å²) in [4.78, 5) is 23.6. The van der Waals surface area contributed by atoms with E-state index in [2.05, 4.69) is 21.9 Å². The monoisotopic (exact) mass is 502 g/mol. The normalized spacial score (nSPS) is 12.9. The van der Waals surface area contributed by atoms with Gasteiger partial charge in [-0.25, -0.2) is 0 Å². The van der Waals surface area contributed by atoms with Crippen molar-refractivity contribution in [2.45, 2.75) is 105 Å². The van der Waals surface area contributed by atoms with Crippen LogP contribution in [-0.4, -0.2) is 22.2 Å². The van der Waals surface area contributed by atoms with Gasteiger partial charge in [0.05, 0.1) is 0 Å². The van der Waals surface area contributed by atoms with Crippen LogP contribution in [0.1, 0.15) is 83.1 Å². The lowest BCUT2D eigenvalue weighted by atomic mass is 10.0. The maximum atomic E-state index is 5.91. The van der Waals surface area contributed by atoms with Crippen molar-refractivity contribution in [1.82, 2.24) is 21.9 Å². The summed E-state index contributed by atoms with van der Waals surface area (Å²) in [7, 11) is 0. The average molecular weight is 503 g/mol. The van der Waals surface area contributed by atoms with E-state index in [0.717, 1.165) is 11.1 Å². The van der Waals surface area contributed by atoms with Crippen LogP contribution in [0, 0.1) is 0 Å². The fraction of sp³-hybridized carbons (Fsp3) is 0.571. The highest BCUT2D eigenvalue weighted by molar-refractivity contribution is 5.70. The molecule has 0 saturated carbocycles. The van der Waals surface area contributed by atoms with E-state index < -0.39 is 0 Å². The minimum Gasteiger partial charge on any atom is -0.408 e. The van der Waals surface area contributed by atoms with Crippen LogP contribution in [0.3, 0.4) is 0 Å². The molecule has 202 valence electrons. The quantitative estimate of drug-likeness (QED) is 0.307. The van der Waals surface area contributed by atoms with E-state index in [1.165, 1.54) is 0 Å². The number of hydrogen-bond acceptors (Lipinski definition) is 8. The second-order valence-corrected chi connectivity index (χ2v) is 13.2. The first-order chi connectivity index (χ1) is 16.3. The summed E-state index contributed by atoms with van der Waals surface area (Å²) in [6.07, 6.45) is 0. The molecule has 0 heterocycles. The zero-order valence-electron chi connectivity index (χ0n) is 24.1. The van der Waals surface area contributed by atoms with Crippen molar-refractivity contribution in [3.8, 4) is 34.1 Å². The van der Waals surface area contributed by atoms with Crippen LogP contribution in [0.4, 0.5) is 0 Å². The van der Waals surface area contributed by atoms with Crippen molar-refractivity contribution in [1.29, 1.82) is 0 Å². The standard InChI is InChI=1S/C28H46N4O4/c1-25(2,3)29-33-21-13-19(14-22(17-21)34-30-26(4,5)6)20-15-23(35-31-27(7,8)9)18-24(16-20)36-32-28(10,11)12/h13-18,29-32H,1-12H3. The molecular formula is C28H46N4O4. The Kier molecular flexibility index (Phi) is 9.29. The maximum absolute atomic E-state index is 5.91. The van der Waals surface area contributed by atoms with Gasteiger partial charge in [0.1, 0.15) is 0 Å². The number of hydroxylamine groups is 4. The highest BCUT2D eigenvalue weighted by Gasteiger charge is 2.17. The molecule has 0 spiro atoms. The Morgan fingerprint density at radius 1 is 0.361 bits per heavy atom. The molecule has 8 nitrogen and oxygen atoms in total. The van der Waals surface area contributed by atoms with Crippen molar-refractivity contribution in [3.05, 3.63) is 36.4 Å². The van der Waals surface area contributed by atoms with Gasteiger partial charge in [-0.3, -0.25) is 0 Å². The Balaban J connectivity index is 2.50. The second-order valence-electron chi connectivity index (χ2n) is 13.2. The third kappa shape index (κ3) is 11.9. The molecule has 8 heteroatoms. The van der Waals surface area contributed by atoms with Crippen molar-refractivity contribution in [3.63, 3.8) is 0 Å². The first-order valence-electron chi connectivity index (χ1n) is 12.3. The summed E-state index contributed by atoms with van der Waals surface area (Å²) in [5, 5.41) is 0. The lowest BCUT2D eigenvalue weighted by Crippen LogP contribution is -2.39. The molecule has 36 heavy (non-hydrogen) atoms. The minimum atomic E-state index is -0.229. The number of rotatable bonds is 9. The first kappa shape index (κ1) is 29.7. The topological polar surface area (TPSA) is 85.0 Å². The number of hydrogen-bond donors (Lipinski definition) is 4. The van der Waals surface area contributed by atoms with Gasteiger partial charge in [0.25, 0.3) is 0 Å². The van der Waals surface area contributed by atoms with Crippen molar-refractivity contribution >= 4 is 0 Å². The van der Waals surface area contributed by atoms with E-state index in [1.807, 2.05) is 119 Å². The van der Waals surface area contributed by atoms with Crippen LogP contribution >= 0.6 is 0 Å².